The van der Waals surface area contributed by atoms with Gasteiger partial charge in [-0.3, -0.25) is 4.90 Å². The van der Waals surface area contributed by atoms with E-state index in [0.717, 1.165) is 30.4 Å². The van der Waals surface area contributed by atoms with E-state index in [1.165, 1.54) is 11.1 Å². The summed E-state index contributed by atoms with van der Waals surface area (Å²) in [5.74, 6) is 0. The zero-order valence-corrected chi connectivity index (χ0v) is 14.2. The minimum atomic E-state index is -0.0527. The number of hydrogen-bond acceptors (Lipinski definition) is 3. The van der Waals surface area contributed by atoms with Crippen LogP contribution in [0.4, 0.5) is 0 Å². The first-order valence-corrected chi connectivity index (χ1v) is 8.04. The van der Waals surface area contributed by atoms with Gasteiger partial charge in [-0.1, -0.05) is 28.1 Å². The molecule has 1 aliphatic heterocycles. The first-order valence-electron chi connectivity index (χ1n) is 7.24. The fourth-order valence-corrected chi connectivity index (χ4v) is 3.81. The van der Waals surface area contributed by atoms with E-state index < -0.39 is 0 Å². The lowest BCUT2D eigenvalue weighted by molar-refractivity contribution is -0.0608. The molecule has 1 saturated heterocycles. The van der Waals surface area contributed by atoms with Crippen LogP contribution < -0.4 is 5.73 Å². The first-order chi connectivity index (χ1) is 9.49. The van der Waals surface area contributed by atoms with Crippen molar-refractivity contribution in [3.8, 4) is 0 Å². The molecule has 0 aliphatic carbocycles. The van der Waals surface area contributed by atoms with Gasteiger partial charge in [0.15, 0.2) is 0 Å². The highest BCUT2D eigenvalue weighted by Gasteiger charge is 2.34. The number of aryl methyl sites for hydroxylation is 1. The van der Waals surface area contributed by atoms with Crippen LogP contribution in [-0.2, 0) is 4.74 Å². The number of ether oxygens (including phenoxy) is 1. The molecule has 0 aromatic heterocycles. The Morgan fingerprint density at radius 1 is 1.50 bits per heavy atom. The zero-order valence-electron chi connectivity index (χ0n) is 12.7. The number of hydrogen-bond donors (Lipinski definition) is 1. The predicted molar refractivity (Wildman–Crippen MR) is 86.9 cm³/mol. The van der Waals surface area contributed by atoms with Gasteiger partial charge < -0.3 is 10.5 Å². The second-order valence-corrected chi connectivity index (χ2v) is 6.86. The number of nitrogens with zero attached hydrogens (tertiary/aromatic N) is 1. The molecule has 3 nitrogen and oxygen atoms in total. The maximum atomic E-state index is 6.07. The van der Waals surface area contributed by atoms with E-state index in [2.05, 4.69) is 52.9 Å². The lowest BCUT2D eigenvalue weighted by atomic mass is 9.92. The van der Waals surface area contributed by atoms with Crippen LogP contribution in [0.5, 0.6) is 0 Å². The van der Waals surface area contributed by atoms with Gasteiger partial charge in [0, 0.05) is 30.7 Å². The Kier molecular flexibility index (Phi) is 5.24. The van der Waals surface area contributed by atoms with Crippen molar-refractivity contribution < 1.29 is 4.74 Å². The molecular weight excluding hydrogens is 316 g/mol. The van der Waals surface area contributed by atoms with Crippen molar-refractivity contribution in [2.24, 2.45) is 5.73 Å². The minimum absolute atomic E-state index is 0.0527. The fourth-order valence-electron chi connectivity index (χ4n) is 3.05. The summed E-state index contributed by atoms with van der Waals surface area (Å²) in [6.07, 6.45) is 2.27. The first kappa shape index (κ1) is 16.0. The van der Waals surface area contributed by atoms with E-state index in [4.69, 9.17) is 10.5 Å². The van der Waals surface area contributed by atoms with Crippen molar-refractivity contribution in [2.45, 2.75) is 38.3 Å². The molecule has 0 amide bonds. The van der Waals surface area contributed by atoms with Crippen molar-refractivity contribution in [1.82, 2.24) is 4.90 Å². The van der Waals surface area contributed by atoms with Gasteiger partial charge in [-0.05, 0) is 50.4 Å². The molecule has 0 bridgehead atoms. The summed E-state index contributed by atoms with van der Waals surface area (Å²) in [6.45, 7) is 6.94. The number of rotatable bonds is 4. The molecule has 1 aromatic rings. The zero-order chi connectivity index (χ0) is 14.8. The molecule has 0 spiro atoms. The predicted octanol–water partition coefficient (Wildman–Crippen LogP) is 3.26. The average molecular weight is 341 g/mol. The number of piperidine rings is 1. The Morgan fingerprint density at radius 2 is 2.25 bits per heavy atom. The molecule has 0 saturated carbocycles. The maximum absolute atomic E-state index is 6.07. The van der Waals surface area contributed by atoms with Gasteiger partial charge in [-0.15, -0.1) is 0 Å². The summed E-state index contributed by atoms with van der Waals surface area (Å²) in [5.41, 5.74) is 8.55. The molecule has 0 radical (unpaired) electrons. The third-order valence-corrected chi connectivity index (χ3v) is 5.05. The molecule has 2 N–H and O–H groups in total. The number of methoxy groups -OCH3 is 1. The van der Waals surface area contributed by atoms with Crippen molar-refractivity contribution in [3.63, 3.8) is 0 Å². The molecule has 2 atom stereocenters. The molecule has 20 heavy (non-hydrogen) atoms. The van der Waals surface area contributed by atoms with Crippen molar-refractivity contribution in [3.05, 3.63) is 33.8 Å². The largest absolute Gasteiger partial charge is 0.377 e. The van der Waals surface area contributed by atoms with Crippen LogP contribution in [0.1, 0.15) is 36.9 Å². The van der Waals surface area contributed by atoms with Crippen LogP contribution in [0.2, 0.25) is 0 Å². The summed E-state index contributed by atoms with van der Waals surface area (Å²) in [6, 6.07) is 6.76. The second kappa shape index (κ2) is 6.56. The van der Waals surface area contributed by atoms with Crippen molar-refractivity contribution in [2.75, 3.05) is 26.7 Å². The van der Waals surface area contributed by atoms with Gasteiger partial charge in [0.2, 0.25) is 0 Å². The highest BCUT2D eigenvalue weighted by molar-refractivity contribution is 9.10. The summed E-state index contributed by atoms with van der Waals surface area (Å²) in [7, 11) is 1.81. The summed E-state index contributed by atoms with van der Waals surface area (Å²) < 4.78 is 6.85. The monoisotopic (exact) mass is 340 g/mol. The molecule has 1 aliphatic rings. The van der Waals surface area contributed by atoms with Crippen LogP contribution in [0.15, 0.2) is 22.7 Å². The smallest absolute Gasteiger partial charge is 0.0777 e. The van der Waals surface area contributed by atoms with Crippen LogP contribution in [0.25, 0.3) is 0 Å². The van der Waals surface area contributed by atoms with Gasteiger partial charge in [-0.2, -0.15) is 0 Å². The Hall–Kier alpha value is -0.420. The highest BCUT2D eigenvalue weighted by Crippen LogP contribution is 2.33. The number of halogens is 1. The maximum Gasteiger partial charge on any atom is 0.0777 e. The lowest BCUT2D eigenvalue weighted by Crippen LogP contribution is -2.50. The van der Waals surface area contributed by atoms with E-state index in [1.807, 2.05) is 7.11 Å². The van der Waals surface area contributed by atoms with Gasteiger partial charge in [0.1, 0.15) is 0 Å². The van der Waals surface area contributed by atoms with E-state index >= 15 is 0 Å². The summed E-state index contributed by atoms with van der Waals surface area (Å²) in [4.78, 5) is 2.46. The van der Waals surface area contributed by atoms with Gasteiger partial charge in [-0.25, -0.2) is 0 Å². The molecule has 1 heterocycles. The molecule has 4 heteroatoms. The Morgan fingerprint density at radius 3 is 2.85 bits per heavy atom. The average Bonchev–Trinajstić information content (AvgIpc) is 2.42. The van der Waals surface area contributed by atoms with E-state index in [9.17, 15) is 0 Å². The van der Waals surface area contributed by atoms with E-state index in [1.54, 1.807) is 0 Å². The summed E-state index contributed by atoms with van der Waals surface area (Å²) >= 11 is 3.69. The second-order valence-electron chi connectivity index (χ2n) is 6.00. The molecular formula is C16H25BrN2O. The Labute approximate surface area is 130 Å². The van der Waals surface area contributed by atoms with Gasteiger partial charge in [0.05, 0.1) is 5.60 Å². The molecule has 2 rings (SSSR count). The van der Waals surface area contributed by atoms with Crippen LogP contribution in [0.3, 0.4) is 0 Å². The Balaban J connectivity index is 2.23. The number of benzene rings is 1. The van der Waals surface area contributed by atoms with Gasteiger partial charge >= 0.3 is 0 Å². The Bertz CT molecular complexity index is 466. The third-order valence-electron chi connectivity index (χ3n) is 4.36. The van der Waals surface area contributed by atoms with Crippen LogP contribution >= 0.6 is 15.9 Å². The SMILES string of the molecule is COC1(C)CCCN(C(CN)c2ccc(C)cc2Br)C1. The third kappa shape index (κ3) is 3.42. The molecule has 1 aromatic carbocycles. The normalized spacial score (nSPS) is 25.6. The van der Waals surface area contributed by atoms with Crippen LogP contribution in [0, 0.1) is 6.92 Å². The topological polar surface area (TPSA) is 38.5 Å². The lowest BCUT2D eigenvalue weighted by Gasteiger charge is -2.43. The van der Waals surface area contributed by atoms with E-state index in [0.29, 0.717) is 6.54 Å². The quantitative estimate of drug-likeness (QED) is 0.914. The fraction of sp³-hybridized carbons (Fsp3) is 0.625. The minimum Gasteiger partial charge on any atom is -0.377 e. The number of likely N-dealkylation sites (tertiary alicyclic amines) is 1. The van der Waals surface area contributed by atoms with Crippen molar-refractivity contribution in [1.29, 1.82) is 0 Å². The molecule has 2 unspecified atom stereocenters. The van der Waals surface area contributed by atoms with E-state index in [-0.39, 0.29) is 11.6 Å². The standard InChI is InChI=1S/C16H25BrN2O/c1-12-5-6-13(14(17)9-12)15(10-18)19-8-4-7-16(2,11-19)20-3/h5-6,9,15H,4,7-8,10-11,18H2,1-3H3. The number of nitrogens with two attached hydrogens (primary N) is 1. The van der Waals surface area contributed by atoms with Gasteiger partial charge in [0.25, 0.3) is 0 Å². The van der Waals surface area contributed by atoms with Crippen LogP contribution in [-0.4, -0.2) is 37.2 Å². The molecule has 1 fully saturated rings. The summed E-state index contributed by atoms with van der Waals surface area (Å²) in [5, 5.41) is 0. The van der Waals surface area contributed by atoms with Crippen molar-refractivity contribution >= 4 is 15.9 Å². The highest BCUT2D eigenvalue weighted by atomic mass is 79.9. The molecule has 112 valence electrons.